The van der Waals surface area contributed by atoms with Crippen LogP contribution in [0.25, 0.3) is 11.1 Å². The number of hydrogen-bond donors (Lipinski definition) is 0. The summed E-state index contributed by atoms with van der Waals surface area (Å²) < 4.78 is 43.9. The molecule has 0 spiro atoms. The number of fused-ring (bicyclic) bond motifs is 1. The van der Waals surface area contributed by atoms with Crippen molar-refractivity contribution in [2.24, 2.45) is 0 Å². The first kappa shape index (κ1) is 22.8. The molecule has 9 nitrogen and oxygen atoms in total. The van der Waals surface area contributed by atoms with Gasteiger partial charge in [0.25, 0.3) is 0 Å². The van der Waals surface area contributed by atoms with E-state index in [0.29, 0.717) is 23.3 Å². The summed E-state index contributed by atoms with van der Waals surface area (Å²) in [5, 5.41) is 4.27. The first-order valence-corrected chi connectivity index (χ1v) is 12.5. The Morgan fingerprint density at radius 2 is 1.97 bits per heavy atom. The molecule has 33 heavy (non-hydrogen) atoms. The minimum Gasteiger partial charge on any atom is -0.423 e. The van der Waals surface area contributed by atoms with Crippen molar-refractivity contribution in [1.82, 2.24) is 19.7 Å². The average molecular weight is 474 g/mol. The average Bonchev–Trinajstić information content (AvgIpc) is 3.22. The molecule has 0 unspecified atom stereocenters. The molecule has 0 fully saturated rings. The van der Waals surface area contributed by atoms with Crippen molar-refractivity contribution in [2.75, 3.05) is 16.9 Å². The van der Waals surface area contributed by atoms with Crippen molar-refractivity contribution in [2.45, 2.75) is 39.3 Å². The molecule has 0 aliphatic carbocycles. The molecule has 1 aliphatic heterocycles. The number of halogens is 1. The second-order valence-corrected chi connectivity index (χ2v) is 10.4. The van der Waals surface area contributed by atoms with E-state index in [0.717, 1.165) is 30.1 Å². The summed E-state index contributed by atoms with van der Waals surface area (Å²) in [4.78, 5) is 21.9. The van der Waals surface area contributed by atoms with Crippen LogP contribution in [-0.4, -0.2) is 52.1 Å². The molecule has 3 aromatic rings. The third-order valence-corrected chi connectivity index (χ3v) is 6.44. The van der Waals surface area contributed by atoms with Crippen LogP contribution in [0.5, 0.6) is 11.8 Å². The predicted octanol–water partition coefficient (Wildman–Crippen LogP) is 3.00. The highest BCUT2D eigenvalue weighted by Crippen LogP contribution is 2.44. The number of sulfone groups is 1. The fourth-order valence-corrected chi connectivity index (χ4v) is 4.48. The van der Waals surface area contributed by atoms with Crippen molar-refractivity contribution in [3.63, 3.8) is 0 Å². The number of carbonyl (C=O) groups is 1. The van der Waals surface area contributed by atoms with Gasteiger partial charge in [-0.1, -0.05) is 0 Å². The normalized spacial score (nSPS) is 15.9. The van der Waals surface area contributed by atoms with Gasteiger partial charge in [0.05, 0.1) is 36.6 Å². The Morgan fingerprint density at radius 1 is 1.24 bits per heavy atom. The Kier molecular flexibility index (Phi) is 6.15. The highest BCUT2D eigenvalue weighted by Gasteiger charge is 2.30. The second kappa shape index (κ2) is 8.89. The number of ether oxygens (including phenoxy) is 1. The molecule has 174 valence electrons. The summed E-state index contributed by atoms with van der Waals surface area (Å²) in [6.45, 7) is 3.74. The summed E-state index contributed by atoms with van der Waals surface area (Å²) in [5.41, 5.74) is 2.95. The van der Waals surface area contributed by atoms with Crippen molar-refractivity contribution in [3.8, 4) is 22.9 Å². The van der Waals surface area contributed by atoms with Crippen LogP contribution in [0, 0.1) is 5.82 Å². The van der Waals surface area contributed by atoms with Crippen LogP contribution in [0.15, 0.2) is 36.9 Å². The predicted molar refractivity (Wildman–Crippen MR) is 120 cm³/mol. The zero-order valence-corrected chi connectivity index (χ0v) is 19.3. The standard InChI is InChI=1S/C22H24FN5O4S/c1-14-4-5-19-20(28(14)15(2)29)7-6-18(21(19)32-22-24-11-17(23)12-25-22)16-10-26-27(13-16)8-9-33(3,30)31/h6-7,10-14H,4-5,8-9H2,1-3H3/t14-/m0/s1. The van der Waals surface area contributed by atoms with Crippen molar-refractivity contribution in [1.29, 1.82) is 0 Å². The first-order valence-electron chi connectivity index (χ1n) is 10.4. The van der Waals surface area contributed by atoms with Gasteiger partial charge in [-0.3, -0.25) is 9.48 Å². The van der Waals surface area contributed by atoms with Gasteiger partial charge in [-0.25, -0.2) is 22.8 Å². The summed E-state index contributed by atoms with van der Waals surface area (Å²) >= 11 is 0. The number of carbonyl (C=O) groups excluding carboxylic acids is 1. The van der Waals surface area contributed by atoms with Crippen molar-refractivity contribution < 1.29 is 22.3 Å². The summed E-state index contributed by atoms with van der Waals surface area (Å²) in [5.74, 6) is -0.230. The Bertz CT molecular complexity index is 1290. The monoisotopic (exact) mass is 473 g/mol. The highest BCUT2D eigenvalue weighted by molar-refractivity contribution is 7.90. The lowest BCUT2D eigenvalue weighted by Crippen LogP contribution is -2.40. The van der Waals surface area contributed by atoms with Gasteiger partial charge in [0.2, 0.25) is 5.91 Å². The van der Waals surface area contributed by atoms with Gasteiger partial charge in [-0.2, -0.15) is 5.10 Å². The lowest BCUT2D eigenvalue weighted by Gasteiger charge is -2.35. The van der Waals surface area contributed by atoms with E-state index < -0.39 is 15.7 Å². The minimum atomic E-state index is -3.13. The smallest absolute Gasteiger partial charge is 0.322 e. The third-order valence-electron chi connectivity index (χ3n) is 5.51. The van der Waals surface area contributed by atoms with E-state index in [9.17, 15) is 17.6 Å². The highest BCUT2D eigenvalue weighted by atomic mass is 32.2. The van der Waals surface area contributed by atoms with Crippen LogP contribution in [0.4, 0.5) is 10.1 Å². The largest absolute Gasteiger partial charge is 0.423 e. The van der Waals surface area contributed by atoms with Crippen molar-refractivity contribution >= 4 is 21.4 Å². The van der Waals surface area contributed by atoms with E-state index >= 15 is 0 Å². The van der Waals surface area contributed by atoms with Crippen LogP contribution in [0.2, 0.25) is 0 Å². The Labute approximate surface area is 191 Å². The SMILES string of the molecule is CC(=O)N1c2ccc(-c3cnn(CCS(C)(=O)=O)c3)c(Oc3ncc(F)cn3)c2CC[C@@H]1C. The molecule has 0 saturated carbocycles. The minimum absolute atomic E-state index is 0.0245. The Hall–Kier alpha value is -3.34. The van der Waals surface area contributed by atoms with E-state index in [1.54, 1.807) is 22.0 Å². The number of anilines is 1. The maximum Gasteiger partial charge on any atom is 0.322 e. The van der Waals surface area contributed by atoms with E-state index in [-0.39, 0.29) is 30.3 Å². The molecular weight excluding hydrogens is 449 g/mol. The van der Waals surface area contributed by atoms with Gasteiger partial charge in [0, 0.05) is 42.1 Å². The van der Waals surface area contributed by atoms with Gasteiger partial charge >= 0.3 is 6.01 Å². The van der Waals surface area contributed by atoms with Gasteiger partial charge in [0.1, 0.15) is 15.6 Å². The number of hydrogen-bond acceptors (Lipinski definition) is 7. The number of amides is 1. The quantitative estimate of drug-likeness (QED) is 0.542. The molecule has 2 aromatic heterocycles. The molecule has 1 aliphatic rings. The second-order valence-electron chi connectivity index (χ2n) is 8.12. The zero-order chi connectivity index (χ0) is 23.8. The van der Waals surface area contributed by atoms with E-state index in [1.165, 1.54) is 13.2 Å². The molecule has 0 bridgehead atoms. The lowest BCUT2D eigenvalue weighted by atomic mass is 9.92. The van der Waals surface area contributed by atoms with Crippen LogP contribution in [0.3, 0.4) is 0 Å². The molecule has 3 heterocycles. The number of nitrogens with zero attached hydrogens (tertiary/aromatic N) is 5. The topological polar surface area (TPSA) is 107 Å². The third kappa shape index (κ3) is 5.03. The Balaban J connectivity index is 1.79. The maximum absolute atomic E-state index is 13.3. The summed E-state index contributed by atoms with van der Waals surface area (Å²) in [6.07, 6.45) is 7.97. The number of aromatic nitrogens is 4. The molecule has 0 N–H and O–H groups in total. The number of benzene rings is 1. The van der Waals surface area contributed by atoms with Gasteiger partial charge in [-0.05, 0) is 31.9 Å². The molecule has 1 atom stereocenters. The summed E-state index contributed by atoms with van der Waals surface area (Å²) in [6, 6.07) is 3.70. The number of rotatable bonds is 6. The maximum atomic E-state index is 13.3. The van der Waals surface area contributed by atoms with Crippen LogP contribution < -0.4 is 9.64 Å². The number of aryl methyl sites for hydroxylation is 1. The lowest BCUT2D eigenvalue weighted by molar-refractivity contribution is -0.117. The van der Waals surface area contributed by atoms with Gasteiger partial charge in [0.15, 0.2) is 5.82 Å². The molecule has 0 radical (unpaired) electrons. The van der Waals surface area contributed by atoms with E-state index in [4.69, 9.17) is 4.74 Å². The van der Waals surface area contributed by atoms with E-state index in [2.05, 4.69) is 15.1 Å². The first-order chi connectivity index (χ1) is 15.6. The molecule has 1 amide bonds. The van der Waals surface area contributed by atoms with Gasteiger partial charge < -0.3 is 9.64 Å². The fourth-order valence-electron chi connectivity index (χ4n) is 3.96. The fraction of sp³-hybridized carbons (Fsp3) is 0.364. The molecular formula is C22H24FN5O4S. The van der Waals surface area contributed by atoms with Crippen molar-refractivity contribution in [3.05, 3.63) is 48.3 Å². The zero-order valence-electron chi connectivity index (χ0n) is 18.5. The molecule has 4 rings (SSSR count). The molecule has 0 saturated heterocycles. The van der Waals surface area contributed by atoms with Crippen LogP contribution >= 0.6 is 0 Å². The van der Waals surface area contributed by atoms with Crippen LogP contribution in [0.1, 0.15) is 25.8 Å². The van der Waals surface area contributed by atoms with Crippen LogP contribution in [-0.2, 0) is 27.6 Å². The molecule has 1 aromatic carbocycles. The molecule has 11 heteroatoms. The van der Waals surface area contributed by atoms with Gasteiger partial charge in [-0.15, -0.1) is 0 Å². The van der Waals surface area contributed by atoms with E-state index in [1.807, 2.05) is 19.1 Å². The Morgan fingerprint density at radius 3 is 2.64 bits per heavy atom. The summed E-state index contributed by atoms with van der Waals surface area (Å²) in [7, 11) is -3.13.